The topological polar surface area (TPSA) is 72.6 Å². The van der Waals surface area contributed by atoms with Gasteiger partial charge in [-0.1, -0.05) is 19.1 Å². The first kappa shape index (κ1) is 15.4. The fraction of sp³-hybridized carbons (Fsp3) is 0.571. The van der Waals surface area contributed by atoms with Crippen LogP contribution < -0.4 is 5.73 Å². The van der Waals surface area contributed by atoms with E-state index in [-0.39, 0.29) is 6.10 Å². The van der Waals surface area contributed by atoms with E-state index in [2.05, 4.69) is 0 Å². The maximum Gasteiger partial charge on any atom is 0.243 e. The minimum Gasteiger partial charge on any atom is -0.377 e. The minimum absolute atomic E-state index is 0.0161. The fourth-order valence-corrected chi connectivity index (χ4v) is 3.95. The summed E-state index contributed by atoms with van der Waals surface area (Å²) in [6, 6.07) is 6.82. The minimum atomic E-state index is -3.47. The molecule has 112 valence electrons. The average molecular weight is 298 g/mol. The van der Waals surface area contributed by atoms with Crippen LogP contribution in [-0.4, -0.2) is 38.5 Å². The summed E-state index contributed by atoms with van der Waals surface area (Å²) in [7, 11) is -3.47. The van der Waals surface area contributed by atoms with Gasteiger partial charge in [0.1, 0.15) is 0 Å². The lowest BCUT2D eigenvalue weighted by molar-refractivity contribution is 0.0947. The van der Waals surface area contributed by atoms with Crippen molar-refractivity contribution in [1.29, 1.82) is 0 Å². The van der Waals surface area contributed by atoms with E-state index in [1.54, 1.807) is 18.2 Å². The molecule has 1 aromatic carbocycles. The lowest BCUT2D eigenvalue weighted by Crippen LogP contribution is -2.37. The lowest BCUT2D eigenvalue weighted by Gasteiger charge is -2.23. The van der Waals surface area contributed by atoms with Crippen molar-refractivity contribution in [3.05, 3.63) is 29.8 Å². The predicted octanol–water partition coefficient (Wildman–Crippen LogP) is 1.33. The van der Waals surface area contributed by atoms with Gasteiger partial charge in [-0.2, -0.15) is 4.31 Å². The molecule has 1 fully saturated rings. The quantitative estimate of drug-likeness (QED) is 0.860. The average Bonchev–Trinajstić information content (AvgIpc) is 2.97. The Morgan fingerprint density at radius 3 is 2.85 bits per heavy atom. The van der Waals surface area contributed by atoms with Gasteiger partial charge in [-0.05, 0) is 30.5 Å². The van der Waals surface area contributed by atoms with Gasteiger partial charge in [0, 0.05) is 26.2 Å². The number of nitrogens with zero attached hydrogens (tertiary/aromatic N) is 1. The van der Waals surface area contributed by atoms with E-state index in [1.165, 1.54) is 4.31 Å². The Kier molecular flexibility index (Phi) is 5.15. The SMILES string of the molecule is CCN(CC1CCCO1)S(=O)(=O)c1cccc(CN)c1. The number of rotatable bonds is 6. The molecule has 2 N–H and O–H groups in total. The van der Waals surface area contributed by atoms with Gasteiger partial charge in [0.15, 0.2) is 0 Å². The van der Waals surface area contributed by atoms with Gasteiger partial charge in [-0.15, -0.1) is 0 Å². The molecule has 0 spiro atoms. The molecule has 5 nitrogen and oxygen atoms in total. The molecule has 2 rings (SSSR count). The Hall–Kier alpha value is -0.950. The largest absolute Gasteiger partial charge is 0.377 e. The molecule has 1 aliphatic heterocycles. The third-order valence-electron chi connectivity index (χ3n) is 3.56. The van der Waals surface area contributed by atoms with Crippen molar-refractivity contribution in [3.63, 3.8) is 0 Å². The zero-order valence-electron chi connectivity index (χ0n) is 11.8. The molecule has 0 amide bonds. The monoisotopic (exact) mass is 298 g/mol. The number of sulfonamides is 1. The number of hydrogen-bond donors (Lipinski definition) is 1. The molecule has 0 radical (unpaired) electrons. The predicted molar refractivity (Wildman–Crippen MR) is 77.7 cm³/mol. The van der Waals surface area contributed by atoms with E-state index < -0.39 is 10.0 Å². The smallest absolute Gasteiger partial charge is 0.243 e. The van der Waals surface area contributed by atoms with Crippen LogP contribution in [-0.2, 0) is 21.3 Å². The van der Waals surface area contributed by atoms with Crippen LogP contribution in [0.4, 0.5) is 0 Å². The van der Waals surface area contributed by atoms with Crippen molar-refractivity contribution < 1.29 is 13.2 Å². The first-order chi connectivity index (χ1) is 9.57. The Morgan fingerprint density at radius 1 is 1.45 bits per heavy atom. The van der Waals surface area contributed by atoms with Gasteiger partial charge < -0.3 is 10.5 Å². The summed E-state index contributed by atoms with van der Waals surface area (Å²) in [5, 5.41) is 0. The standard InChI is InChI=1S/C14H22N2O3S/c1-2-16(11-13-6-4-8-19-13)20(17,18)14-7-3-5-12(9-14)10-15/h3,5,7,9,13H,2,4,6,8,10-11,15H2,1H3. The molecular formula is C14H22N2O3S. The number of hydrogen-bond acceptors (Lipinski definition) is 4. The second-order valence-corrected chi connectivity index (χ2v) is 6.88. The zero-order chi connectivity index (χ0) is 14.6. The third kappa shape index (κ3) is 3.38. The summed E-state index contributed by atoms with van der Waals surface area (Å²) >= 11 is 0. The highest BCUT2D eigenvalue weighted by Crippen LogP contribution is 2.20. The summed E-state index contributed by atoms with van der Waals surface area (Å²) in [6.07, 6.45) is 1.95. The molecule has 0 saturated carbocycles. The van der Waals surface area contributed by atoms with Gasteiger partial charge in [-0.3, -0.25) is 0 Å². The third-order valence-corrected chi connectivity index (χ3v) is 5.49. The van der Waals surface area contributed by atoms with Crippen LogP contribution in [0, 0.1) is 0 Å². The second kappa shape index (κ2) is 6.67. The molecule has 1 heterocycles. The van der Waals surface area contributed by atoms with E-state index in [4.69, 9.17) is 10.5 Å². The summed E-state index contributed by atoms with van der Waals surface area (Å²) in [5.41, 5.74) is 6.39. The molecule has 20 heavy (non-hydrogen) atoms. The number of benzene rings is 1. The molecule has 1 saturated heterocycles. The molecule has 0 aromatic heterocycles. The van der Waals surface area contributed by atoms with Crippen LogP contribution >= 0.6 is 0 Å². The molecule has 0 bridgehead atoms. The first-order valence-corrected chi connectivity index (χ1v) is 8.42. The highest BCUT2D eigenvalue weighted by molar-refractivity contribution is 7.89. The van der Waals surface area contributed by atoms with E-state index in [0.29, 0.717) is 24.5 Å². The number of likely N-dealkylation sites (N-methyl/N-ethyl adjacent to an activating group) is 1. The highest BCUT2D eigenvalue weighted by atomic mass is 32.2. The molecule has 1 unspecified atom stereocenters. The lowest BCUT2D eigenvalue weighted by atomic mass is 10.2. The van der Waals surface area contributed by atoms with E-state index in [0.717, 1.165) is 25.0 Å². The van der Waals surface area contributed by atoms with Crippen molar-refractivity contribution >= 4 is 10.0 Å². The van der Waals surface area contributed by atoms with Crippen LogP contribution in [0.25, 0.3) is 0 Å². The van der Waals surface area contributed by atoms with E-state index in [1.807, 2.05) is 13.0 Å². The molecule has 0 aliphatic carbocycles. The van der Waals surface area contributed by atoms with Crippen molar-refractivity contribution in [1.82, 2.24) is 4.31 Å². The fourth-order valence-electron chi connectivity index (χ4n) is 2.39. The van der Waals surface area contributed by atoms with Crippen LogP contribution in [0.2, 0.25) is 0 Å². The number of ether oxygens (including phenoxy) is 1. The van der Waals surface area contributed by atoms with Crippen LogP contribution in [0.1, 0.15) is 25.3 Å². The summed E-state index contributed by atoms with van der Waals surface area (Å²) in [6.45, 7) is 3.77. The maximum absolute atomic E-state index is 12.6. The zero-order valence-corrected chi connectivity index (χ0v) is 12.6. The number of nitrogens with two attached hydrogens (primary N) is 1. The van der Waals surface area contributed by atoms with Gasteiger partial charge in [-0.25, -0.2) is 8.42 Å². The Morgan fingerprint density at radius 2 is 2.25 bits per heavy atom. The summed E-state index contributed by atoms with van der Waals surface area (Å²) in [5.74, 6) is 0. The Bertz CT molecular complexity index is 539. The van der Waals surface area contributed by atoms with Gasteiger partial charge in [0.05, 0.1) is 11.0 Å². The van der Waals surface area contributed by atoms with Crippen LogP contribution in [0.5, 0.6) is 0 Å². The van der Waals surface area contributed by atoms with E-state index in [9.17, 15) is 8.42 Å². The normalized spacial score (nSPS) is 19.6. The highest BCUT2D eigenvalue weighted by Gasteiger charge is 2.27. The molecular weight excluding hydrogens is 276 g/mol. The van der Waals surface area contributed by atoms with Gasteiger partial charge in [0.25, 0.3) is 0 Å². The van der Waals surface area contributed by atoms with Crippen molar-refractivity contribution in [3.8, 4) is 0 Å². The van der Waals surface area contributed by atoms with Crippen molar-refractivity contribution in [2.45, 2.75) is 37.3 Å². The summed E-state index contributed by atoms with van der Waals surface area (Å²) < 4.78 is 32.3. The van der Waals surface area contributed by atoms with Crippen molar-refractivity contribution in [2.24, 2.45) is 5.73 Å². The maximum atomic E-state index is 12.6. The molecule has 1 aliphatic rings. The molecule has 1 aromatic rings. The van der Waals surface area contributed by atoms with Gasteiger partial charge >= 0.3 is 0 Å². The Labute approximate surface area is 120 Å². The van der Waals surface area contributed by atoms with Crippen LogP contribution in [0.3, 0.4) is 0 Å². The van der Waals surface area contributed by atoms with E-state index >= 15 is 0 Å². The first-order valence-electron chi connectivity index (χ1n) is 6.98. The van der Waals surface area contributed by atoms with Crippen LogP contribution in [0.15, 0.2) is 29.2 Å². The summed E-state index contributed by atoms with van der Waals surface area (Å²) in [4.78, 5) is 0.306. The Balaban J connectivity index is 2.21. The molecule has 1 atom stereocenters. The van der Waals surface area contributed by atoms with Gasteiger partial charge in [0.2, 0.25) is 10.0 Å². The van der Waals surface area contributed by atoms with Crippen molar-refractivity contribution in [2.75, 3.05) is 19.7 Å². The second-order valence-electron chi connectivity index (χ2n) is 4.94. The molecule has 6 heteroatoms.